The van der Waals surface area contributed by atoms with Gasteiger partial charge in [-0.2, -0.15) is 0 Å². The van der Waals surface area contributed by atoms with Crippen LogP contribution in [-0.4, -0.2) is 27.5 Å². The Bertz CT molecular complexity index is 364. The Morgan fingerprint density at radius 1 is 0.760 bits per heavy atom. The van der Waals surface area contributed by atoms with Crippen LogP contribution < -0.4 is 5.32 Å². The van der Waals surface area contributed by atoms with Gasteiger partial charge in [-0.3, -0.25) is 8.98 Å². The molecule has 0 radical (unpaired) electrons. The molecule has 150 valence electrons. The van der Waals surface area contributed by atoms with E-state index in [9.17, 15) is 13.2 Å². The average Bonchev–Trinajstić information content (AvgIpc) is 2.58. The molecule has 0 rings (SSSR count). The van der Waals surface area contributed by atoms with Gasteiger partial charge in [0, 0.05) is 13.0 Å². The summed E-state index contributed by atoms with van der Waals surface area (Å²) in [5, 5.41) is 2.78. The van der Waals surface area contributed by atoms with Crippen molar-refractivity contribution >= 4 is 16.9 Å². The largest absolute Gasteiger partial charge is 0.356 e. The van der Waals surface area contributed by atoms with Crippen LogP contribution >= 0.6 is 0 Å². The van der Waals surface area contributed by atoms with Crippen LogP contribution in [-0.2, 0) is 20.0 Å². The van der Waals surface area contributed by atoms with Gasteiger partial charge in [0.25, 0.3) is 11.0 Å². The summed E-state index contributed by atoms with van der Waals surface area (Å²) in [6, 6.07) is 0. The number of amides is 1. The summed E-state index contributed by atoms with van der Waals surface area (Å²) in [6.07, 6.45) is 18.0. The topological polar surface area (TPSA) is 72.5 Å². The van der Waals surface area contributed by atoms with Gasteiger partial charge in [-0.05, 0) is 12.8 Å². The highest BCUT2D eigenvalue weighted by Gasteiger charge is 2.00. The highest BCUT2D eigenvalue weighted by atomic mass is 32.2. The van der Waals surface area contributed by atoms with Crippen LogP contribution in [0.2, 0.25) is 0 Å². The van der Waals surface area contributed by atoms with E-state index in [0.717, 1.165) is 12.8 Å². The molecular formula is C19H39NO4S. The summed E-state index contributed by atoms with van der Waals surface area (Å²) >= 11 is 0. The van der Waals surface area contributed by atoms with Crippen molar-refractivity contribution in [1.29, 1.82) is 0 Å². The summed E-state index contributed by atoms with van der Waals surface area (Å²) in [4.78, 5) is 11.6. The highest BCUT2D eigenvalue weighted by Crippen LogP contribution is 2.12. The first kappa shape index (κ1) is 24.4. The lowest BCUT2D eigenvalue weighted by Gasteiger charge is -2.05. The summed E-state index contributed by atoms with van der Waals surface area (Å²) in [5.41, 5.74) is 0. The molecule has 0 bridgehead atoms. The number of nitrogens with one attached hydrogen (secondary N) is 1. The Hall–Kier alpha value is -0.620. The molecule has 0 aliphatic heterocycles. The van der Waals surface area contributed by atoms with Gasteiger partial charge in [-0.1, -0.05) is 84.0 Å². The lowest BCUT2D eigenvalue weighted by Crippen LogP contribution is -2.24. The van der Waals surface area contributed by atoms with E-state index in [4.69, 9.17) is 0 Å². The second-order valence-corrected chi connectivity index (χ2v) is 7.46. The third kappa shape index (κ3) is 21.3. The number of hydrogen-bond acceptors (Lipinski definition) is 4. The van der Waals surface area contributed by atoms with Crippen LogP contribution in [0.4, 0.5) is 0 Å². The van der Waals surface area contributed by atoms with Gasteiger partial charge in [0.1, 0.15) is 0 Å². The number of carbonyl (C=O) groups is 1. The molecule has 5 nitrogen and oxygen atoms in total. The zero-order valence-corrected chi connectivity index (χ0v) is 17.0. The maximum Gasteiger partial charge on any atom is 0.257 e. The van der Waals surface area contributed by atoms with E-state index in [1.807, 2.05) is 0 Å². The average molecular weight is 378 g/mol. The van der Waals surface area contributed by atoms with Crippen LogP contribution in [0.3, 0.4) is 0 Å². The van der Waals surface area contributed by atoms with Crippen molar-refractivity contribution < 1.29 is 17.4 Å². The van der Waals surface area contributed by atoms with Crippen molar-refractivity contribution in [3.63, 3.8) is 0 Å². The fourth-order valence-corrected chi connectivity index (χ4v) is 3.11. The fraction of sp³-hybridized carbons (Fsp3) is 0.947. The molecule has 0 saturated carbocycles. The Morgan fingerprint density at radius 2 is 1.24 bits per heavy atom. The number of unbranched alkanes of at least 4 members (excludes halogenated alkanes) is 12. The molecule has 0 aromatic rings. The SMILES string of the molecule is CCCCCCCCCCCCCCCC(=O)NCCCO[SH](=O)=O. The summed E-state index contributed by atoms with van der Waals surface area (Å²) in [6.45, 7) is 2.87. The van der Waals surface area contributed by atoms with E-state index in [1.165, 1.54) is 70.6 Å². The molecule has 0 saturated heterocycles. The maximum atomic E-state index is 11.6. The van der Waals surface area contributed by atoms with Gasteiger partial charge in [-0.25, -0.2) is 8.42 Å². The minimum atomic E-state index is -2.77. The number of thiol groups is 1. The smallest absolute Gasteiger partial charge is 0.257 e. The molecule has 0 spiro atoms. The quantitative estimate of drug-likeness (QED) is 0.256. The van der Waals surface area contributed by atoms with Crippen LogP contribution in [0.5, 0.6) is 0 Å². The van der Waals surface area contributed by atoms with E-state index >= 15 is 0 Å². The van der Waals surface area contributed by atoms with Gasteiger partial charge in [0.05, 0.1) is 6.61 Å². The zero-order valence-electron chi connectivity index (χ0n) is 16.1. The molecule has 0 atom stereocenters. The second kappa shape index (κ2) is 19.7. The molecule has 0 heterocycles. The van der Waals surface area contributed by atoms with Gasteiger partial charge < -0.3 is 5.32 Å². The van der Waals surface area contributed by atoms with Crippen molar-refractivity contribution in [3.8, 4) is 0 Å². The first-order chi connectivity index (χ1) is 12.2. The minimum absolute atomic E-state index is 0.0505. The monoisotopic (exact) mass is 377 g/mol. The lowest BCUT2D eigenvalue weighted by atomic mass is 10.0. The molecule has 1 N–H and O–H groups in total. The molecule has 1 amide bonds. The van der Waals surface area contributed by atoms with Crippen molar-refractivity contribution in [2.75, 3.05) is 13.2 Å². The molecular weight excluding hydrogens is 338 g/mol. The molecule has 0 aliphatic rings. The van der Waals surface area contributed by atoms with E-state index in [1.54, 1.807) is 0 Å². The molecule has 25 heavy (non-hydrogen) atoms. The summed E-state index contributed by atoms with van der Waals surface area (Å²) in [5.74, 6) is 0.0505. The first-order valence-electron chi connectivity index (χ1n) is 10.2. The van der Waals surface area contributed by atoms with Gasteiger partial charge >= 0.3 is 0 Å². The number of hydrogen-bond donors (Lipinski definition) is 2. The molecule has 0 aromatic carbocycles. The third-order valence-electron chi connectivity index (χ3n) is 4.35. The third-order valence-corrected chi connectivity index (χ3v) is 4.74. The van der Waals surface area contributed by atoms with Crippen LogP contribution in [0, 0.1) is 0 Å². The van der Waals surface area contributed by atoms with Crippen LogP contribution in [0.25, 0.3) is 0 Å². The van der Waals surface area contributed by atoms with Crippen LogP contribution in [0.15, 0.2) is 0 Å². The minimum Gasteiger partial charge on any atom is -0.356 e. The molecule has 0 aromatic heterocycles. The highest BCUT2D eigenvalue weighted by molar-refractivity contribution is 7.67. The van der Waals surface area contributed by atoms with Crippen molar-refractivity contribution in [1.82, 2.24) is 5.32 Å². The van der Waals surface area contributed by atoms with Gasteiger partial charge in [0.15, 0.2) is 0 Å². The predicted octanol–water partition coefficient (Wildman–Crippen LogP) is 4.52. The summed E-state index contributed by atoms with van der Waals surface area (Å²) < 4.78 is 24.8. The Balaban J connectivity index is 3.15. The van der Waals surface area contributed by atoms with Crippen molar-refractivity contribution in [2.45, 2.75) is 103 Å². The summed E-state index contributed by atoms with van der Waals surface area (Å²) in [7, 11) is -2.77. The van der Waals surface area contributed by atoms with E-state index < -0.39 is 11.0 Å². The zero-order chi connectivity index (χ0) is 18.6. The van der Waals surface area contributed by atoms with Crippen molar-refractivity contribution in [2.24, 2.45) is 0 Å². The Labute approximate surface area is 156 Å². The number of rotatable bonds is 19. The molecule has 0 aliphatic carbocycles. The first-order valence-corrected chi connectivity index (χ1v) is 11.3. The van der Waals surface area contributed by atoms with Gasteiger partial charge in [0.2, 0.25) is 5.91 Å². The van der Waals surface area contributed by atoms with E-state index in [0.29, 0.717) is 19.4 Å². The van der Waals surface area contributed by atoms with Crippen molar-refractivity contribution in [3.05, 3.63) is 0 Å². The Kier molecular flexibility index (Phi) is 19.2. The standard InChI is InChI=1S/C19H39NO4S/c1-2-3-4-5-6-7-8-9-10-11-12-13-14-16-19(21)20-17-15-18-24-25(22)23/h25H,2-18H2,1H3,(H,20,21). The fourth-order valence-electron chi connectivity index (χ4n) is 2.83. The van der Waals surface area contributed by atoms with Gasteiger partial charge in [-0.15, -0.1) is 0 Å². The Morgan fingerprint density at radius 3 is 1.72 bits per heavy atom. The van der Waals surface area contributed by atoms with E-state index in [2.05, 4.69) is 16.4 Å². The lowest BCUT2D eigenvalue weighted by molar-refractivity contribution is -0.121. The molecule has 6 heteroatoms. The normalized spacial score (nSPS) is 11.1. The van der Waals surface area contributed by atoms with E-state index in [-0.39, 0.29) is 12.5 Å². The molecule has 0 unspecified atom stereocenters. The molecule has 0 fully saturated rings. The maximum absolute atomic E-state index is 11.6. The van der Waals surface area contributed by atoms with Crippen LogP contribution in [0.1, 0.15) is 103 Å². The number of carbonyl (C=O) groups excluding carboxylic acids is 1. The predicted molar refractivity (Wildman–Crippen MR) is 104 cm³/mol. The second-order valence-electron chi connectivity index (χ2n) is 6.75.